The lowest BCUT2D eigenvalue weighted by atomic mass is 10.2. The van der Waals surface area contributed by atoms with Crippen LogP contribution in [0, 0.1) is 0 Å². The number of thiazole rings is 1. The first-order valence-electron chi connectivity index (χ1n) is 5.89. The lowest BCUT2D eigenvalue weighted by Gasteiger charge is -2.01. The molecule has 2 aromatic heterocycles. The fraction of sp³-hybridized carbons (Fsp3) is 0. The van der Waals surface area contributed by atoms with Crippen LogP contribution in [0.5, 0.6) is 0 Å². The second-order valence-corrected chi connectivity index (χ2v) is 6.74. The Morgan fingerprint density at radius 2 is 2.05 bits per heavy atom. The van der Waals surface area contributed by atoms with Crippen LogP contribution in [0.2, 0.25) is 10.0 Å². The molecule has 0 saturated carbocycles. The number of hydrogen-bond donors (Lipinski definition) is 1. The third-order valence-corrected chi connectivity index (χ3v) is 4.85. The highest BCUT2D eigenvalue weighted by atomic mass is 35.5. The van der Waals surface area contributed by atoms with E-state index < -0.39 is 0 Å². The number of carbonyl (C=O) groups is 1. The Hall–Kier alpha value is -1.40. The zero-order valence-corrected chi connectivity index (χ0v) is 13.6. The van der Waals surface area contributed by atoms with Crippen LogP contribution in [0.4, 0.5) is 5.13 Å². The molecular formula is C14H8Cl2N2OS2. The van der Waals surface area contributed by atoms with E-state index in [2.05, 4.69) is 10.3 Å². The van der Waals surface area contributed by atoms with Crippen molar-refractivity contribution in [3.8, 4) is 11.3 Å². The molecule has 2 heterocycles. The van der Waals surface area contributed by atoms with Gasteiger partial charge in [-0.2, -0.15) is 0 Å². The Morgan fingerprint density at radius 1 is 1.19 bits per heavy atom. The Labute approximate surface area is 139 Å². The molecule has 106 valence electrons. The summed E-state index contributed by atoms with van der Waals surface area (Å²) in [5, 5.41) is 8.12. The van der Waals surface area contributed by atoms with E-state index in [1.807, 2.05) is 22.9 Å². The molecule has 7 heteroatoms. The minimum Gasteiger partial charge on any atom is -0.297 e. The van der Waals surface area contributed by atoms with Gasteiger partial charge in [0.15, 0.2) is 5.13 Å². The van der Waals surface area contributed by atoms with Gasteiger partial charge in [-0.05, 0) is 29.6 Å². The van der Waals surface area contributed by atoms with Crippen LogP contribution < -0.4 is 5.32 Å². The number of nitrogens with zero attached hydrogens (tertiary/aromatic N) is 1. The van der Waals surface area contributed by atoms with Gasteiger partial charge in [0.05, 0.1) is 15.6 Å². The van der Waals surface area contributed by atoms with Crippen molar-refractivity contribution in [3.63, 3.8) is 0 Å². The fourth-order valence-electron chi connectivity index (χ4n) is 1.72. The predicted molar refractivity (Wildman–Crippen MR) is 89.8 cm³/mol. The summed E-state index contributed by atoms with van der Waals surface area (Å²) in [6.07, 6.45) is 0. The standard InChI is InChI=1S/C14H8Cl2N2OS2/c15-8-3-4-9(10(16)6-8)11-7-21-14(17-11)18-13(19)12-2-1-5-20-12/h1-7H,(H,17,18,19). The van der Waals surface area contributed by atoms with Crippen molar-refractivity contribution >= 4 is 56.9 Å². The number of halogens is 2. The normalized spacial score (nSPS) is 10.6. The van der Waals surface area contributed by atoms with E-state index in [1.54, 1.807) is 18.2 Å². The molecule has 0 aliphatic rings. The summed E-state index contributed by atoms with van der Waals surface area (Å²) in [6, 6.07) is 8.84. The minimum absolute atomic E-state index is 0.159. The molecule has 0 spiro atoms. The molecule has 0 radical (unpaired) electrons. The lowest BCUT2D eigenvalue weighted by molar-refractivity contribution is 0.103. The van der Waals surface area contributed by atoms with Gasteiger partial charge in [-0.3, -0.25) is 10.1 Å². The van der Waals surface area contributed by atoms with Crippen LogP contribution in [0.3, 0.4) is 0 Å². The number of nitrogens with one attached hydrogen (secondary N) is 1. The molecule has 0 fully saturated rings. The highest BCUT2D eigenvalue weighted by molar-refractivity contribution is 7.14. The molecule has 3 rings (SSSR count). The van der Waals surface area contributed by atoms with E-state index in [-0.39, 0.29) is 5.91 Å². The zero-order chi connectivity index (χ0) is 14.8. The van der Waals surface area contributed by atoms with E-state index in [1.165, 1.54) is 22.7 Å². The topological polar surface area (TPSA) is 42.0 Å². The molecule has 3 nitrogen and oxygen atoms in total. The van der Waals surface area contributed by atoms with Crippen LogP contribution in [-0.2, 0) is 0 Å². The smallest absolute Gasteiger partial charge is 0.267 e. The summed E-state index contributed by atoms with van der Waals surface area (Å²) >= 11 is 14.8. The van der Waals surface area contributed by atoms with Crippen LogP contribution in [0.15, 0.2) is 41.1 Å². The van der Waals surface area contributed by atoms with Gasteiger partial charge in [-0.1, -0.05) is 29.3 Å². The van der Waals surface area contributed by atoms with Crippen molar-refractivity contribution in [3.05, 3.63) is 56.0 Å². The quantitative estimate of drug-likeness (QED) is 0.681. The Bertz CT molecular complexity index is 784. The maximum absolute atomic E-state index is 12.0. The molecular weight excluding hydrogens is 347 g/mol. The lowest BCUT2D eigenvalue weighted by Crippen LogP contribution is -2.09. The van der Waals surface area contributed by atoms with Crippen LogP contribution in [0.1, 0.15) is 9.67 Å². The molecule has 0 aliphatic heterocycles. The fourth-order valence-corrected chi connectivity index (χ4v) is 3.55. The molecule has 0 atom stereocenters. The van der Waals surface area contributed by atoms with Crippen molar-refractivity contribution in [2.24, 2.45) is 0 Å². The summed E-state index contributed by atoms with van der Waals surface area (Å²) in [4.78, 5) is 17.0. The number of anilines is 1. The highest BCUT2D eigenvalue weighted by Crippen LogP contribution is 2.32. The minimum atomic E-state index is -0.159. The molecule has 0 bridgehead atoms. The van der Waals surface area contributed by atoms with Crippen LogP contribution in [0.25, 0.3) is 11.3 Å². The van der Waals surface area contributed by atoms with E-state index in [9.17, 15) is 4.79 Å². The van der Waals surface area contributed by atoms with Crippen molar-refractivity contribution in [1.82, 2.24) is 4.98 Å². The van der Waals surface area contributed by atoms with E-state index >= 15 is 0 Å². The zero-order valence-electron chi connectivity index (χ0n) is 10.5. The first kappa shape index (κ1) is 14.5. The third-order valence-electron chi connectivity index (χ3n) is 2.68. The van der Waals surface area contributed by atoms with Gasteiger partial charge in [0.2, 0.25) is 0 Å². The number of carbonyl (C=O) groups excluding carboxylic acids is 1. The van der Waals surface area contributed by atoms with Gasteiger partial charge in [0.25, 0.3) is 5.91 Å². The summed E-state index contributed by atoms with van der Waals surface area (Å²) in [5.41, 5.74) is 1.50. The third kappa shape index (κ3) is 3.27. The second kappa shape index (κ2) is 6.15. The molecule has 21 heavy (non-hydrogen) atoms. The van der Waals surface area contributed by atoms with E-state index in [4.69, 9.17) is 23.2 Å². The van der Waals surface area contributed by atoms with Gasteiger partial charge in [0, 0.05) is 16.0 Å². The summed E-state index contributed by atoms with van der Waals surface area (Å²) in [6.45, 7) is 0. The summed E-state index contributed by atoms with van der Waals surface area (Å²) in [7, 11) is 0. The monoisotopic (exact) mass is 354 g/mol. The van der Waals surface area contributed by atoms with E-state index in [0.717, 1.165) is 5.56 Å². The maximum Gasteiger partial charge on any atom is 0.267 e. The van der Waals surface area contributed by atoms with Crippen molar-refractivity contribution in [1.29, 1.82) is 0 Å². The first-order valence-corrected chi connectivity index (χ1v) is 8.41. The van der Waals surface area contributed by atoms with Crippen molar-refractivity contribution < 1.29 is 4.79 Å². The predicted octanol–water partition coefficient (Wildman–Crippen LogP) is 5.43. The average Bonchev–Trinajstić information content (AvgIpc) is 3.09. The number of rotatable bonds is 3. The Kier molecular flexibility index (Phi) is 4.26. The summed E-state index contributed by atoms with van der Waals surface area (Å²) in [5.74, 6) is -0.159. The van der Waals surface area contributed by atoms with Crippen LogP contribution in [-0.4, -0.2) is 10.9 Å². The van der Waals surface area contributed by atoms with E-state index in [0.29, 0.717) is 25.7 Å². The first-order chi connectivity index (χ1) is 10.1. The number of aromatic nitrogens is 1. The number of amides is 1. The molecule has 1 N–H and O–H groups in total. The SMILES string of the molecule is O=C(Nc1nc(-c2ccc(Cl)cc2Cl)cs1)c1cccs1. The van der Waals surface area contributed by atoms with Crippen LogP contribution >= 0.6 is 45.9 Å². The van der Waals surface area contributed by atoms with Gasteiger partial charge in [-0.15, -0.1) is 22.7 Å². The van der Waals surface area contributed by atoms with Gasteiger partial charge < -0.3 is 0 Å². The molecule has 1 amide bonds. The Balaban J connectivity index is 1.82. The molecule has 1 aromatic carbocycles. The van der Waals surface area contributed by atoms with Crippen molar-refractivity contribution in [2.45, 2.75) is 0 Å². The number of benzene rings is 1. The van der Waals surface area contributed by atoms with Gasteiger partial charge >= 0.3 is 0 Å². The molecule has 0 unspecified atom stereocenters. The Morgan fingerprint density at radius 3 is 2.76 bits per heavy atom. The second-order valence-electron chi connectivity index (χ2n) is 4.09. The summed E-state index contributed by atoms with van der Waals surface area (Å²) < 4.78 is 0. The average molecular weight is 355 g/mol. The number of hydrogen-bond acceptors (Lipinski definition) is 4. The van der Waals surface area contributed by atoms with Gasteiger partial charge in [-0.25, -0.2) is 4.98 Å². The molecule has 3 aromatic rings. The number of thiophene rings is 1. The molecule has 0 saturated heterocycles. The molecule has 0 aliphatic carbocycles. The maximum atomic E-state index is 12.0. The highest BCUT2D eigenvalue weighted by Gasteiger charge is 2.12. The largest absolute Gasteiger partial charge is 0.297 e. The van der Waals surface area contributed by atoms with Gasteiger partial charge in [0.1, 0.15) is 0 Å². The van der Waals surface area contributed by atoms with Crippen molar-refractivity contribution in [2.75, 3.05) is 5.32 Å².